The molecule has 0 unspecified atom stereocenters. The van der Waals surface area contributed by atoms with E-state index in [-0.39, 0.29) is 6.15 Å². The van der Waals surface area contributed by atoms with Crippen LogP contribution in [-0.4, -0.2) is 11.8 Å². The van der Waals surface area contributed by atoms with E-state index in [9.17, 15) is 17.3 Å². The second-order valence-electron chi connectivity index (χ2n) is 2.78. The van der Waals surface area contributed by atoms with Gasteiger partial charge >= 0.3 is 7.25 Å². The van der Waals surface area contributed by atoms with E-state index in [1.165, 1.54) is 0 Å². The number of aromatic nitrogens is 2. The van der Waals surface area contributed by atoms with Crippen molar-refractivity contribution in [3.8, 4) is 0 Å². The molecule has 0 bridgehead atoms. The summed E-state index contributed by atoms with van der Waals surface area (Å²) in [5.41, 5.74) is 0. The van der Waals surface area contributed by atoms with Gasteiger partial charge in [0.15, 0.2) is 0 Å². The summed E-state index contributed by atoms with van der Waals surface area (Å²) in [6.45, 7) is 3.18. The van der Waals surface area contributed by atoms with Gasteiger partial charge in [-0.3, -0.25) is 0 Å². The zero-order valence-corrected chi connectivity index (χ0v) is 11.2. The molecule has 0 spiro atoms. The Morgan fingerprint density at radius 1 is 1.16 bits per heavy atom. The molecule has 1 aromatic rings. The summed E-state index contributed by atoms with van der Waals surface area (Å²) in [6, 6.07) is 0. The Labute approximate surface area is 109 Å². The second kappa shape index (κ2) is 9.94. The largest absolute Gasteiger partial charge is 0.673 e. The molecule has 19 heavy (non-hydrogen) atoms. The first-order chi connectivity index (χ1) is 7.83. The molecule has 13 heteroatoms. The normalized spacial score (nSPS) is 10.4. The van der Waals surface area contributed by atoms with Gasteiger partial charge in [-0.2, -0.15) is 0 Å². The van der Waals surface area contributed by atoms with E-state index in [2.05, 4.69) is 24.0 Å². The lowest BCUT2D eigenvalue weighted by Crippen LogP contribution is -2.68. The molecule has 4 N–H and O–H groups in total. The maximum Gasteiger partial charge on any atom is 0.673 e. The Hall–Kier alpha value is -0.915. The van der Waals surface area contributed by atoms with Crippen LogP contribution in [0.4, 0.5) is 17.3 Å². The highest BCUT2D eigenvalue weighted by Gasteiger charge is 2.20. The lowest BCUT2D eigenvalue weighted by atomic mass is 10.3. The van der Waals surface area contributed by atoms with E-state index in [1.807, 2.05) is 17.8 Å². The lowest BCUT2D eigenvalue weighted by Gasteiger charge is -2.17. The van der Waals surface area contributed by atoms with Crippen LogP contribution in [0.25, 0.3) is 0 Å². The van der Waals surface area contributed by atoms with E-state index in [4.69, 9.17) is 18.6 Å². The molecule has 0 aliphatic heterocycles. The average molecular weight is 315 g/mol. The highest BCUT2D eigenvalue weighted by molar-refractivity contribution is 6.50. The number of nitrogens with zero attached hydrogens (tertiary/aromatic N) is 2. The highest BCUT2D eigenvalue weighted by atomic mass is 35.7. The zero-order chi connectivity index (χ0) is 15.0. The third-order valence-corrected chi connectivity index (χ3v) is 1.19. The molecule has 0 aliphatic rings. The standard InChI is InChI=1S/C6H11N2.BF4.ClHO4.H3N/c1-3-8-5-4-7(2)6-8;2*2-1(3,4)5;/h4-6H,3H2,1-2H3;;(H,2,3,4,5);1H3/q+1;-1;;. The van der Waals surface area contributed by atoms with Crippen LogP contribution >= 0.6 is 0 Å². The third kappa shape index (κ3) is 38.2. The summed E-state index contributed by atoms with van der Waals surface area (Å²) >= 11 is 0. The molecule has 0 saturated carbocycles. The van der Waals surface area contributed by atoms with Gasteiger partial charge in [-0.1, -0.05) is 0 Å². The van der Waals surface area contributed by atoms with Gasteiger partial charge in [0.2, 0.25) is 6.33 Å². The van der Waals surface area contributed by atoms with Crippen LogP contribution < -0.4 is 29.4 Å². The van der Waals surface area contributed by atoms with Crippen molar-refractivity contribution in [1.29, 1.82) is 0 Å². The number of halogens is 5. The summed E-state index contributed by atoms with van der Waals surface area (Å²) in [4.78, 5) is 0. The van der Waals surface area contributed by atoms with Crippen molar-refractivity contribution in [2.24, 2.45) is 7.05 Å². The third-order valence-electron chi connectivity index (χ3n) is 1.19. The van der Waals surface area contributed by atoms with Crippen molar-refractivity contribution in [3.63, 3.8) is 0 Å². The first-order valence-corrected chi connectivity index (χ1v) is 5.56. The molecule has 0 aliphatic carbocycles. The Morgan fingerprint density at radius 3 is 1.58 bits per heavy atom. The fraction of sp³-hybridized carbons (Fsp3) is 0.500. The van der Waals surface area contributed by atoms with Crippen molar-refractivity contribution in [3.05, 3.63) is 18.7 Å². The summed E-state index contributed by atoms with van der Waals surface area (Å²) in [5, 5.41) is 0. The molecular formula is C6H15BClF4N3O4. The summed E-state index contributed by atoms with van der Waals surface area (Å²) in [5.74, 6) is 0. The first kappa shape index (κ1) is 23.2. The molecule has 0 amide bonds. The van der Waals surface area contributed by atoms with Gasteiger partial charge < -0.3 is 23.4 Å². The SMILES string of the molecule is CCn1cc[n+](C)c1.F[B-](F)(F)F.[NH4+].[O-][Cl+3]([O-])([O-])[O-]. The van der Waals surface area contributed by atoms with Crippen molar-refractivity contribution in [1.82, 2.24) is 10.7 Å². The van der Waals surface area contributed by atoms with Crippen molar-refractivity contribution >= 4 is 7.25 Å². The minimum atomic E-state index is -6.00. The van der Waals surface area contributed by atoms with Crippen molar-refractivity contribution in [2.75, 3.05) is 0 Å². The van der Waals surface area contributed by atoms with Gasteiger partial charge in [-0.05, 0) is 6.92 Å². The van der Waals surface area contributed by atoms with Crippen LogP contribution in [-0.2, 0) is 13.6 Å². The van der Waals surface area contributed by atoms with Crippen LogP contribution in [0.5, 0.6) is 0 Å². The van der Waals surface area contributed by atoms with Crippen LogP contribution in [0.2, 0.25) is 0 Å². The summed E-state index contributed by atoms with van der Waals surface area (Å²) < 4.78 is 77.1. The monoisotopic (exact) mass is 315 g/mol. The molecule has 1 aromatic heterocycles. The number of aryl methyl sites for hydroxylation is 2. The predicted molar refractivity (Wildman–Crippen MR) is 47.5 cm³/mol. The van der Waals surface area contributed by atoms with Gasteiger partial charge in [0, 0.05) is 0 Å². The first-order valence-electron chi connectivity index (χ1n) is 4.33. The van der Waals surface area contributed by atoms with Crippen LogP contribution in [0.3, 0.4) is 0 Å². The molecule has 116 valence electrons. The fourth-order valence-corrected chi connectivity index (χ4v) is 0.689. The fourth-order valence-electron chi connectivity index (χ4n) is 0.689. The zero-order valence-electron chi connectivity index (χ0n) is 10.4. The second-order valence-corrected chi connectivity index (χ2v) is 3.54. The molecule has 7 nitrogen and oxygen atoms in total. The molecule has 1 heterocycles. The number of hydrogen-bond acceptors (Lipinski definition) is 4. The molecule has 0 aromatic carbocycles. The molecule has 0 atom stereocenters. The van der Waals surface area contributed by atoms with Crippen LogP contribution in [0.1, 0.15) is 6.92 Å². The molecular weight excluding hydrogens is 300 g/mol. The van der Waals surface area contributed by atoms with Gasteiger partial charge in [0.05, 0.1) is 13.6 Å². The number of imidazole rings is 1. The Morgan fingerprint density at radius 2 is 1.47 bits per heavy atom. The predicted octanol–water partition coefficient (Wildman–Crippen LogP) is -2.75. The smallest absolute Gasteiger partial charge is 0.418 e. The Bertz CT molecular complexity index is 309. The Balaban J connectivity index is -0.000000208. The van der Waals surface area contributed by atoms with Gasteiger partial charge in [0.1, 0.15) is 12.4 Å². The summed E-state index contributed by atoms with van der Waals surface area (Å²) in [7, 11) is -8.92. The van der Waals surface area contributed by atoms with Crippen molar-refractivity contribution < 1.29 is 50.7 Å². The van der Waals surface area contributed by atoms with Gasteiger partial charge in [0.25, 0.3) is 0 Å². The average Bonchev–Trinajstić information content (AvgIpc) is 2.44. The number of hydrogen-bond donors (Lipinski definition) is 1. The molecule has 0 saturated heterocycles. The summed E-state index contributed by atoms with van der Waals surface area (Å²) in [6.07, 6.45) is 6.14. The number of quaternary nitrogens is 1. The highest BCUT2D eigenvalue weighted by Crippen LogP contribution is 2.06. The van der Waals surface area contributed by atoms with Crippen LogP contribution in [0, 0.1) is 10.2 Å². The Kier molecular flexibility index (Phi) is 12.1. The van der Waals surface area contributed by atoms with Crippen molar-refractivity contribution in [2.45, 2.75) is 13.5 Å². The molecule has 0 radical (unpaired) electrons. The minimum absolute atomic E-state index is 0. The lowest BCUT2D eigenvalue weighted by molar-refractivity contribution is -2.00. The van der Waals surface area contributed by atoms with E-state index in [1.54, 1.807) is 0 Å². The minimum Gasteiger partial charge on any atom is -0.418 e. The van der Waals surface area contributed by atoms with E-state index in [0.717, 1.165) is 6.54 Å². The maximum absolute atomic E-state index is 9.75. The van der Waals surface area contributed by atoms with E-state index in [0.29, 0.717) is 0 Å². The molecule has 0 fully saturated rings. The molecule has 1 rings (SSSR count). The van der Waals surface area contributed by atoms with E-state index >= 15 is 0 Å². The van der Waals surface area contributed by atoms with Gasteiger partial charge in [-0.25, -0.2) is 27.8 Å². The van der Waals surface area contributed by atoms with E-state index < -0.39 is 17.5 Å². The van der Waals surface area contributed by atoms with Gasteiger partial charge in [-0.15, -0.1) is 10.2 Å². The number of rotatable bonds is 1. The maximum atomic E-state index is 9.75. The quantitative estimate of drug-likeness (QED) is 0.341. The van der Waals surface area contributed by atoms with Crippen LogP contribution in [0.15, 0.2) is 18.7 Å². The topological polar surface area (TPSA) is 138 Å².